The Hall–Kier alpha value is -3.70. The number of carbonyl (C=O) groups excluding carboxylic acids is 1. The topological polar surface area (TPSA) is 87.1 Å². The van der Waals surface area contributed by atoms with E-state index in [2.05, 4.69) is 16.3 Å². The molecule has 2 aliphatic heterocycles. The molecule has 2 heterocycles. The Bertz CT molecular complexity index is 1050. The highest BCUT2D eigenvalue weighted by molar-refractivity contribution is 5.97. The van der Waals surface area contributed by atoms with Crippen LogP contribution in [0.2, 0.25) is 0 Å². The molecule has 2 aromatic rings. The van der Waals surface area contributed by atoms with Crippen LogP contribution in [0.5, 0.6) is 17.2 Å². The number of rotatable bonds is 7. The summed E-state index contributed by atoms with van der Waals surface area (Å²) in [6.07, 6.45) is 1.67. The maximum absolute atomic E-state index is 12.7. The molecule has 0 radical (unpaired) electrons. The number of carbonyl (C=O) groups is 1. The number of piperazine rings is 1. The number of ether oxygens (including phenoxy) is 3. The van der Waals surface area contributed by atoms with Crippen molar-refractivity contribution in [2.45, 2.75) is 19.5 Å². The lowest BCUT2D eigenvalue weighted by atomic mass is 10.1. The Kier molecular flexibility index (Phi) is 7.01. The van der Waals surface area contributed by atoms with E-state index < -0.39 is 0 Å². The van der Waals surface area contributed by atoms with Crippen molar-refractivity contribution >= 4 is 5.91 Å². The largest absolute Gasteiger partial charge is 0.497 e. The molecule has 0 spiro atoms. The minimum absolute atomic E-state index is 0.111. The van der Waals surface area contributed by atoms with Gasteiger partial charge in [-0.2, -0.15) is 5.26 Å². The number of fused-ring (bicyclic) bond motifs is 1. The third kappa shape index (κ3) is 5.57. The lowest BCUT2D eigenvalue weighted by molar-refractivity contribution is -0.117. The van der Waals surface area contributed by atoms with E-state index in [0.29, 0.717) is 0 Å². The van der Waals surface area contributed by atoms with Gasteiger partial charge in [0.25, 0.3) is 5.91 Å². The SMILES string of the molecule is COc1ccc(C(C)NC(=O)/C(C#N)=C\N2CCN(Cc3ccc4c(c3)OCO4)CC2)cc1. The molecule has 33 heavy (non-hydrogen) atoms. The Balaban J connectivity index is 1.29. The molecule has 2 aliphatic rings. The number of nitrogens with one attached hydrogen (secondary N) is 1. The second-order valence-electron chi connectivity index (χ2n) is 8.12. The van der Waals surface area contributed by atoms with Gasteiger partial charge < -0.3 is 24.4 Å². The normalized spacial score (nSPS) is 16.8. The van der Waals surface area contributed by atoms with E-state index in [1.807, 2.05) is 54.3 Å². The van der Waals surface area contributed by atoms with Gasteiger partial charge in [-0.15, -0.1) is 0 Å². The monoisotopic (exact) mass is 448 g/mol. The van der Waals surface area contributed by atoms with Gasteiger partial charge in [0.2, 0.25) is 6.79 Å². The van der Waals surface area contributed by atoms with E-state index in [0.717, 1.165) is 55.5 Å². The molecule has 172 valence electrons. The van der Waals surface area contributed by atoms with Crippen LogP contribution >= 0.6 is 0 Å². The van der Waals surface area contributed by atoms with Crippen LogP contribution in [-0.2, 0) is 11.3 Å². The quantitative estimate of drug-likeness (QED) is 0.515. The Morgan fingerprint density at radius 3 is 2.58 bits per heavy atom. The van der Waals surface area contributed by atoms with Gasteiger partial charge in [0.15, 0.2) is 11.5 Å². The van der Waals surface area contributed by atoms with Crippen LogP contribution in [0, 0.1) is 11.3 Å². The Morgan fingerprint density at radius 1 is 1.15 bits per heavy atom. The van der Waals surface area contributed by atoms with E-state index in [4.69, 9.17) is 14.2 Å². The predicted octanol–water partition coefficient (Wildman–Crippen LogP) is 2.83. The van der Waals surface area contributed by atoms with Crippen molar-refractivity contribution in [2.24, 2.45) is 0 Å². The summed E-state index contributed by atoms with van der Waals surface area (Å²) in [5.41, 5.74) is 2.23. The molecule has 1 N–H and O–H groups in total. The molecule has 1 atom stereocenters. The van der Waals surface area contributed by atoms with Crippen molar-refractivity contribution in [3.63, 3.8) is 0 Å². The molecular formula is C25H28N4O4. The van der Waals surface area contributed by atoms with Crippen LogP contribution in [0.25, 0.3) is 0 Å². The van der Waals surface area contributed by atoms with E-state index in [9.17, 15) is 10.1 Å². The van der Waals surface area contributed by atoms with Gasteiger partial charge in [0.1, 0.15) is 17.4 Å². The summed E-state index contributed by atoms with van der Waals surface area (Å²) in [7, 11) is 1.61. The van der Waals surface area contributed by atoms with Crippen molar-refractivity contribution in [1.29, 1.82) is 5.26 Å². The molecule has 1 unspecified atom stereocenters. The average molecular weight is 449 g/mol. The zero-order valence-corrected chi connectivity index (χ0v) is 18.9. The minimum atomic E-state index is -0.372. The first-order valence-electron chi connectivity index (χ1n) is 11.0. The van der Waals surface area contributed by atoms with Gasteiger partial charge in [-0.1, -0.05) is 18.2 Å². The smallest absolute Gasteiger partial charge is 0.263 e. The summed E-state index contributed by atoms with van der Waals surface area (Å²) in [6, 6.07) is 15.4. The van der Waals surface area contributed by atoms with Crippen molar-refractivity contribution < 1.29 is 19.0 Å². The summed E-state index contributed by atoms with van der Waals surface area (Å²) in [5, 5.41) is 12.5. The molecular weight excluding hydrogens is 420 g/mol. The maximum atomic E-state index is 12.7. The van der Waals surface area contributed by atoms with Crippen LogP contribution in [0.4, 0.5) is 0 Å². The molecule has 1 saturated heterocycles. The number of amides is 1. The number of nitriles is 1. The van der Waals surface area contributed by atoms with E-state index >= 15 is 0 Å². The number of hydrogen-bond donors (Lipinski definition) is 1. The highest BCUT2D eigenvalue weighted by Crippen LogP contribution is 2.32. The lowest BCUT2D eigenvalue weighted by Gasteiger charge is -2.34. The van der Waals surface area contributed by atoms with Crippen molar-refractivity contribution in [3.05, 3.63) is 65.4 Å². The molecule has 0 aromatic heterocycles. The number of hydrogen-bond acceptors (Lipinski definition) is 7. The molecule has 0 aliphatic carbocycles. The molecule has 0 saturated carbocycles. The van der Waals surface area contributed by atoms with Crippen LogP contribution in [0.15, 0.2) is 54.2 Å². The van der Waals surface area contributed by atoms with Gasteiger partial charge in [0, 0.05) is 38.9 Å². The summed E-state index contributed by atoms with van der Waals surface area (Å²) in [5.74, 6) is 1.97. The number of nitrogens with zero attached hydrogens (tertiary/aromatic N) is 3. The van der Waals surface area contributed by atoms with Gasteiger partial charge in [-0.25, -0.2) is 0 Å². The predicted molar refractivity (Wildman–Crippen MR) is 123 cm³/mol. The second kappa shape index (κ2) is 10.3. The average Bonchev–Trinajstić information content (AvgIpc) is 3.31. The van der Waals surface area contributed by atoms with Gasteiger partial charge in [-0.05, 0) is 42.3 Å². The van der Waals surface area contributed by atoms with Crippen LogP contribution in [0.3, 0.4) is 0 Å². The molecule has 1 fully saturated rings. The number of benzene rings is 2. The van der Waals surface area contributed by atoms with Crippen molar-refractivity contribution in [2.75, 3.05) is 40.1 Å². The molecule has 4 rings (SSSR count). The fourth-order valence-electron chi connectivity index (χ4n) is 3.92. The number of methoxy groups -OCH3 is 1. The second-order valence-corrected chi connectivity index (χ2v) is 8.12. The summed E-state index contributed by atoms with van der Waals surface area (Å²) < 4.78 is 16.0. The van der Waals surface area contributed by atoms with Crippen LogP contribution < -0.4 is 19.5 Å². The van der Waals surface area contributed by atoms with Crippen LogP contribution in [-0.4, -0.2) is 55.8 Å². The molecule has 0 bridgehead atoms. The third-order valence-electron chi connectivity index (χ3n) is 5.89. The highest BCUT2D eigenvalue weighted by atomic mass is 16.7. The lowest BCUT2D eigenvalue weighted by Crippen LogP contribution is -2.44. The summed E-state index contributed by atoms with van der Waals surface area (Å²) >= 11 is 0. The van der Waals surface area contributed by atoms with E-state index in [-0.39, 0.29) is 24.3 Å². The molecule has 8 heteroatoms. The van der Waals surface area contributed by atoms with E-state index in [1.165, 1.54) is 5.56 Å². The van der Waals surface area contributed by atoms with Crippen molar-refractivity contribution in [1.82, 2.24) is 15.1 Å². The van der Waals surface area contributed by atoms with Gasteiger partial charge in [-0.3, -0.25) is 9.69 Å². The highest BCUT2D eigenvalue weighted by Gasteiger charge is 2.20. The first-order chi connectivity index (χ1) is 16.1. The fraction of sp³-hybridized carbons (Fsp3) is 0.360. The first-order valence-corrected chi connectivity index (χ1v) is 11.0. The standard InChI is InChI=1S/C25H28N4O4/c1-18(20-4-6-22(31-2)7-5-20)27-25(30)21(14-26)16-29-11-9-28(10-12-29)15-19-3-8-23-24(13-19)33-17-32-23/h3-8,13,16,18H,9-12,15,17H2,1-2H3,(H,27,30)/b21-16-. The molecule has 8 nitrogen and oxygen atoms in total. The van der Waals surface area contributed by atoms with Gasteiger partial charge in [0.05, 0.1) is 13.2 Å². The van der Waals surface area contributed by atoms with Crippen LogP contribution in [0.1, 0.15) is 24.1 Å². The summed E-state index contributed by atoms with van der Waals surface area (Å²) in [4.78, 5) is 17.0. The fourth-order valence-corrected chi connectivity index (χ4v) is 3.92. The van der Waals surface area contributed by atoms with E-state index in [1.54, 1.807) is 13.3 Å². The maximum Gasteiger partial charge on any atom is 0.263 e. The summed E-state index contributed by atoms with van der Waals surface area (Å²) in [6.45, 7) is 6.16. The van der Waals surface area contributed by atoms with Gasteiger partial charge >= 0.3 is 0 Å². The zero-order valence-electron chi connectivity index (χ0n) is 18.9. The third-order valence-corrected chi connectivity index (χ3v) is 5.89. The van der Waals surface area contributed by atoms with Crippen molar-refractivity contribution in [3.8, 4) is 23.3 Å². The molecule has 2 aromatic carbocycles. The molecule has 1 amide bonds. The zero-order chi connectivity index (χ0) is 23.2. The minimum Gasteiger partial charge on any atom is -0.497 e. The Labute approximate surface area is 193 Å². The first kappa shape index (κ1) is 22.5. The Morgan fingerprint density at radius 2 is 1.88 bits per heavy atom.